The van der Waals surface area contributed by atoms with Gasteiger partial charge in [-0.3, -0.25) is 0 Å². The lowest BCUT2D eigenvalue weighted by atomic mass is 10.1. The summed E-state index contributed by atoms with van der Waals surface area (Å²) in [5, 5.41) is 13.9. The number of benzene rings is 1. The first kappa shape index (κ1) is 13.2. The number of hydrogen-bond acceptors (Lipinski definition) is 4. The maximum Gasteiger partial charge on any atom is 0.121 e. The highest BCUT2D eigenvalue weighted by Gasteiger charge is 2.06. The van der Waals surface area contributed by atoms with Crippen molar-refractivity contribution in [2.75, 3.05) is 13.6 Å². The van der Waals surface area contributed by atoms with Crippen molar-refractivity contribution in [3.63, 3.8) is 0 Å². The largest absolute Gasteiger partial charge is 0.320 e. The fourth-order valence-electron chi connectivity index (χ4n) is 1.85. The molecule has 0 amide bonds. The molecule has 0 atom stereocenters. The monoisotopic (exact) mass is 261 g/mol. The van der Waals surface area contributed by atoms with Crippen molar-refractivity contribution in [3.05, 3.63) is 45.4 Å². The van der Waals surface area contributed by atoms with Gasteiger partial charge in [0.2, 0.25) is 0 Å². The second-order valence-corrected chi connectivity index (χ2v) is 5.55. The van der Waals surface area contributed by atoms with Gasteiger partial charge in [0.1, 0.15) is 10.0 Å². The Morgan fingerprint density at radius 2 is 1.94 bits per heavy atom. The van der Waals surface area contributed by atoms with Gasteiger partial charge in [0.05, 0.1) is 0 Å². The number of aromatic nitrogens is 2. The van der Waals surface area contributed by atoms with Crippen LogP contribution in [0.25, 0.3) is 0 Å². The van der Waals surface area contributed by atoms with Crippen molar-refractivity contribution in [2.24, 2.45) is 0 Å². The van der Waals surface area contributed by atoms with Crippen LogP contribution in [0, 0.1) is 6.92 Å². The third kappa shape index (κ3) is 3.62. The molecule has 0 bridgehead atoms. The van der Waals surface area contributed by atoms with Crippen molar-refractivity contribution in [2.45, 2.75) is 26.2 Å². The molecule has 4 heteroatoms. The molecule has 0 saturated heterocycles. The quantitative estimate of drug-likeness (QED) is 0.812. The van der Waals surface area contributed by atoms with Crippen molar-refractivity contribution in [1.29, 1.82) is 0 Å². The molecule has 96 valence electrons. The summed E-state index contributed by atoms with van der Waals surface area (Å²) in [5.41, 5.74) is 2.67. The van der Waals surface area contributed by atoms with Gasteiger partial charge in [-0.15, -0.1) is 21.5 Å². The van der Waals surface area contributed by atoms with Gasteiger partial charge >= 0.3 is 0 Å². The lowest BCUT2D eigenvalue weighted by Gasteiger charge is -2.01. The van der Waals surface area contributed by atoms with Gasteiger partial charge in [-0.2, -0.15) is 0 Å². The minimum atomic E-state index is 0.899. The summed E-state index contributed by atoms with van der Waals surface area (Å²) in [6.45, 7) is 3.18. The topological polar surface area (TPSA) is 37.8 Å². The molecule has 1 aromatic carbocycles. The van der Waals surface area contributed by atoms with Crippen LogP contribution < -0.4 is 5.32 Å². The van der Waals surface area contributed by atoms with Crippen LogP contribution in [0.15, 0.2) is 24.3 Å². The second-order valence-electron chi connectivity index (χ2n) is 4.40. The highest BCUT2D eigenvalue weighted by atomic mass is 32.1. The first-order valence-electron chi connectivity index (χ1n) is 6.30. The minimum absolute atomic E-state index is 0.899. The molecule has 0 unspecified atom stereocenters. The molecule has 1 aromatic heterocycles. The molecule has 0 aliphatic carbocycles. The second kappa shape index (κ2) is 6.61. The first-order chi connectivity index (χ1) is 8.79. The number of nitrogens with zero attached hydrogens (tertiary/aromatic N) is 2. The van der Waals surface area contributed by atoms with Crippen molar-refractivity contribution in [3.8, 4) is 0 Å². The van der Waals surface area contributed by atoms with Gasteiger partial charge in [-0.05, 0) is 38.1 Å². The van der Waals surface area contributed by atoms with E-state index < -0.39 is 0 Å². The van der Waals surface area contributed by atoms with E-state index in [0.29, 0.717) is 0 Å². The van der Waals surface area contributed by atoms with Gasteiger partial charge < -0.3 is 5.32 Å². The molecule has 0 radical (unpaired) electrons. The van der Waals surface area contributed by atoms with E-state index in [9.17, 15) is 0 Å². The molecular formula is C14H19N3S. The van der Waals surface area contributed by atoms with Crippen LogP contribution in [0.5, 0.6) is 0 Å². The molecule has 1 N–H and O–H groups in total. The lowest BCUT2D eigenvalue weighted by molar-refractivity contribution is 0.717. The Morgan fingerprint density at radius 3 is 2.72 bits per heavy atom. The van der Waals surface area contributed by atoms with E-state index >= 15 is 0 Å². The zero-order chi connectivity index (χ0) is 12.8. The zero-order valence-electron chi connectivity index (χ0n) is 10.9. The summed E-state index contributed by atoms with van der Waals surface area (Å²) in [5.74, 6) is 0. The molecule has 0 aliphatic rings. The summed E-state index contributed by atoms with van der Waals surface area (Å²) in [6, 6.07) is 8.46. The van der Waals surface area contributed by atoms with Crippen LogP contribution in [-0.4, -0.2) is 23.8 Å². The van der Waals surface area contributed by atoms with Crippen LogP contribution in [0.2, 0.25) is 0 Å². The van der Waals surface area contributed by atoms with E-state index in [1.807, 2.05) is 7.05 Å². The molecule has 18 heavy (non-hydrogen) atoms. The fraction of sp³-hybridized carbons (Fsp3) is 0.429. The lowest BCUT2D eigenvalue weighted by Crippen LogP contribution is -2.08. The highest BCUT2D eigenvalue weighted by Crippen LogP contribution is 2.17. The third-order valence-corrected chi connectivity index (χ3v) is 3.91. The van der Waals surface area contributed by atoms with E-state index in [1.165, 1.54) is 11.1 Å². The summed E-state index contributed by atoms with van der Waals surface area (Å²) in [4.78, 5) is 0. The Balaban J connectivity index is 1.96. The van der Waals surface area contributed by atoms with Gasteiger partial charge in [0, 0.05) is 12.8 Å². The molecule has 0 fully saturated rings. The maximum absolute atomic E-state index is 4.28. The molecule has 0 spiro atoms. The van der Waals surface area contributed by atoms with E-state index in [-0.39, 0.29) is 0 Å². The van der Waals surface area contributed by atoms with Crippen LogP contribution in [0.4, 0.5) is 0 Å². The number of hydrogen-bond donors (Lipinski definition) is 1. The maximum atomic E-state index is 4.28. The molecule has 0 saturated carbocycles. The summed E-state index contributed by atoms with van der Waals surface area (Å²) < 4.78 is 0. The Labute approximate surface area is 112 Å². The SMILES string of the molecule is CNCCCc1nnc(Cc2ccccc2C)s1. The van der Waals surface area contributed by atoms with Crippen LogP contribution in [0.3, 0.4) is 0 Å². The molecule has 0 aliphatic heterocycles. The predicted octanol–water partition coefficient (Wildman–Crippen LogP) is 2.59. The summed E-state index contributed by atoms with van der Waals surface area (Å²) >= 11 is 1.74. The predicted molar refractivity (Wildman–Crippen MR) is 76.1 cm³/mol. The van der Waals surface area contributed by atoms with Gasteiger partial charge in [0.15, 0.2) is 0 Å². The van der Waals surface area contributed by atoms with Crippen molar-refractivity contribution in [1.82, 2.24) is 15.5 Å². The average Bonchev–Trinajstić information content (AvgIpc) is 2.80. The molecular weight excluding hydrogens is 242 g/mol. The normalized spacial score (nSPS) is 10.8. The molecule has 1 heterocycles. The Hall–Kier alpha value is -1.26. The molecule has 2 aromatic rings. The minimum Gasteiger partial charge on any atom is -0.320 e. The third-order valence-electron chi connectivity index (χ3n) is 2.93. The van der Waals surface area contributed by atoms with Crippen molar-refractivity contribution >= 4 is 11.3 Å². The molecule has 3 nitrogen and oxygen atoms in total. The van der Waals surface area contributed by atoms with Crippen LogP contribution in [-0.2, 0) is 12.8 Å². The molecule has 2 rings (SSSR count). The van der Waals surface area contributed by atoms with E-state index in [4.69, 9.17) is 0 Å². The first-order valence-corrected chi connectivity index (χ1v) is 7.11. The average molecular weight is 261 g/mol. The summed E-state index contributed by atoms with van der Waals surface area (Å²) in [7, 11) is 1.98. The number of aryl methyl sites for hydroxylation is 2. The van der Waals surface area contributed by atoms with Gasteiger partial charge in [-0.25, -0.2) is 0 Å². The Bertz CT molecular complexity index is 493. The standard InChI is InChI=1S/C14H19N3S/c1-11-6-3-4-7-12(11)10-14-17-16-13(18-14)8-5-9-15-2/h3-4,6-7,15H,5,8-10H2,1-2H3. The zero-order valence-corrected chi connectivity index (χ0v) is 11.8. The van der Waals surface area contributed by atoms with E-state index in [2.05, 4.69) is 46.7 Å². The number of rotatable bonds is 6. The van der Waals surface area contributed by atoms with Gasteiger partial charge in [-0.1, -0.05) is 24.3 Å². The van der Waals surface area contributed by atoms with Crippen molar-refractivity contribution < 1.29 is 0 Å². The van der Waals surface area contributed by atoms with Crippen LogP contribution >= 0.6 is 11.3 Å². The highest BCUT2D eigenvalue weighted by molar-refractivity contribution is 7.11. The van der Waals surface area contributed by atoms with E-state index in [1.54, 1.807) is 11.3 Å². The fourth-order valence-corrected chi connectivity index (χ4v) is 2.76. The van der Waals surface area contributed by atoms with Gasteiger partial charge in [0.25, 0.3) is 0 Å². The Morgan fingerprint density at radius 1 is 1.17 bits per heavy atom. The Kier molecular flexibility index (Phi) is 4.84. The van der Waals surface area contributed by atoms with E-state index in [0.717, 1.165) is 35.8 Å². The van der Waals surface area contributed by atoms with Crippen LogP contribution in [0.1, 0.15) is 27.6 Å². The number of nitrogens with one attached hydrogen (secondary N) is 1. The smallest absolute Gasteiger partial charge is 0.121 e. The summed E-state index contributed by atoms with van der Waals surface area (Å²) in [6.07, 6.45) is 3.04.